The van der Waals surface area contributed by atoms with E-state index < -0.39 is 0 Å². The molecule has 0 aromatic carbocycles. The zero-order valence-corrected chi connectivity index (χ0v) is 9.01. The van der Waals surface area contributed by atoms with E-state index in [2.05, 4.69) is 20.8 Å². The molecule has 0 aliphatic rings. The lowest BCUT2D eigenvalue weighted by Crippen LogP contribution is -2.14. The van der Waals surface area contributed by atoms with Crippen molar-refractivity contribution in [3.05, 3.63) is 0 Å². The molecule has 0 aliphatic carbocycles. The summed E-state index contributed by atoms with van der Waals surface area (Å²) in [5.41, 5.74) is 0. The summed E-state index contributed by atoms with van der Waals surface area (Å²) in [5.74, 6) is 1.43. The Labute approximate surface area is 77.2 Å². The summed E-state index contributed by atoms with van der Waals surface area (Å²) in [7, 11) is 0. The maximum absolute atomic E-state index is 9.20. The van der Waals surface area contributed by atoms with E-state index in [1.807, 2.05) is 6.92 Å². The zero-order valence-electron chi connectivity index (χ0n) is 9.01. The predicted molar refractivity (Wildman–Crippen MR) is 54.2 cm³/mol. The highest BCUT2D eigenvalue weighted by molar-refractivity contribution is 4.64. The van der Waals surface area contributed by atoms with Gasteiger partial charge in [0, 0.05) is 0 Å². The van der Waals surface area contributed by atoms with Gasteiger partial charge in [0.2, 0.25) is 0 Å². The van der Waals surface area contributed by atoms with Crippen LogP contribution in [0.25, 0.3) is 0 Å². The smallest absolute Gasteiger partial charge is 0.0514 e. The minimum absolute atomic E-state index is 0.135. The lowest BCUT2D eigenvalue weighted by molar-refractivity contribution is 0.146. The summed E-state index contributed by atoms with van der Waals surface area (Å²) in [6, 6.07) is 0. The fourth-order valence-electron chi connectivity index (χ4n) is 1.58. The second kappa shape index (κ2) is 6.47. The maximum atomic E-state index is 9.20. The van der Waals surface area contributed by atoms with Crippen LogP contribution < -0.4 is 0 Å². The molecule has 0 aromatic heterocycles. The average Bonchev–Trinajstić information content (AvgIpc) is 1.98. The Morgan fingerprint density at radius 1 is 1.08 bits per heavy atom. The van der Waals surface area contributed by atoms with Crippen LogP contribution in [0.15, 0.2) is 0 Å². The van der Waals surface area contributed by atoms with Crippen LogP contribution in [0.3, 0.4) is 0 Å². The molecule has 0 spiro atoms. The first kappa shape index (κ1) is 12.0. The van der Waals surface area contributed by atoms with E-state index in [4.69, 9.17) is 0 Å². The molecule has 1 heteroatoms. The van der Waals surface area contributed by atoms with Gasteiger partial charge in [0.1, 0.15) is 0 Å². The van der Waals surface area contributed by atoms with Crippen molar-refractivity contribution in [3.63, 3.8) is 0 Å². The van der Waals surface area contributed by atoms with E-state index in [9.17, 15) is 5.11 Å². The molecular formula is C11H24O. The summed E-state index contributed by atoms with van der Waals surface area (Å²) in [6.07, 6.45) is 4.73. The standard InChI is InChI=1S/C11H24O/c1-5-6-7-9(2)10(3)8-11(4)12/h9-12H,5-8H2,1-4H3. The summed E-state index contributed by atoms with van der Waals surface area (Å²) < 4.78 is 0. The molecule has 1 N–H and O–H groups in total. The summed E-state index contributed by atoms with van der Waals surface area (Å²) >= 11 is 0. The minimum Gasteiger partial charge on any atom is -0.393 e. The molecule has 74 valence electrons. The van der Waals surface area contributed by atoms with Crippen molar-refractivity contribution in [1.29, 1.82) is 0 Å². The van der Waals surface area contributed by atoms with Gasteiger partial charge in [-0.1, -0.05) is 40.0 Å². The van der Waals surface area contributed by atoms with Gasteiger partial charge < -0.3 is 5.11 Å². The number of aliphatic hydroxyl groups excluding tert-OH is 1. The number of hydrogen-bond donors (Lipinski definition) is 1. The van der Waals surface area contributed by atoms with Gasteiger partial charge in [0.15, 0.2) is 0 Å². The fourth-order valence-corrected chi connectivity index (χ4v) is 1.58. The fraction of sp³-hybridized carbons (Fsp3) is 1.00. The van der Waals surface area contributed by atoms with Crippen molar-refractivity contribution in [3.8, 4) is 0 Å². The van der Waals surface area contributed by atoms with Gasteiger partial charge in [-0.3, -0.25) is 0 Å². The predicted octanol–water partition coefficient (Wildman–Crippen LogP) is 3.22. The van der Waals surface area contributed by atoms with E-state index in [1.165, 1.54) is 19.3 Å². The monoisotopic (exact) mass is 172 g/mol. The Morgan fingerprint density at radius 2 is 1.67 bits per heavy atom. The Hall–Kier alpha value is -0.0400. The molecule has 0 aliphatic heterocycles. The van der Waals surface area contributed by atoms with Crippen molar-refractivity contribution >= 4 is 0 Å². The molecule has 0 radical (unpaired) electrons. The van der Waals surface area contributed by atoms with E-state index in [1.54, 1.807) is 0 Å². The van der Waals surface area contributed by atoms with E-state index in [0.29, 0.717) is 5.92 Å². The molecule has 0 fully saturated rings. The van der Waals surface area contributed by atoms with Crippen molar-refractivity contribution in [2.24, 2.45) is 11.8 Å². The first-order chi connectivity index (χ1) is 5.57. The molecule has 12 heavy (non-hydrogen) atoms. The number of hydrogen-bond acceptors (Lipinski definition) is 1. The van der Waals surface area contributed by atoms with Gasteiger partial charge in [0.25, 0.3) is 0 Å². The average molecular weight is 172 g/mol. The second-order valence-corrected chi connectivity index (χ2v) is 4.18. The van der Waals surface area contributed by atoms with Crippen LogP contribution in [0.1, 0.15) is 53.4 Å². The Balaban J connectivity index is 3.53. The summed E-state index contributed by atoms with van der Waals surface area (Å²) in [4.78, 5) is 0. The van der Waals surface area contributed by atoms with Gasteiger partial charge in [-0.15, -0.1) is 0 Å². The molecule has 3 atom stereocenters. The molecule has 1 nitrogen and oxygen atoms in total. The highest BCUT2D eigenvalue weighted by Crippen LogP contribution is 2.21. The van der Waals surface area contributed by atoms with Crippen LogP contribution in [-0.2, 0) is 0 Å². The molecule has 0 rings (SSSR count). The summed E-state index contributed by atoms with van der Waals surface area (Å²) in [5, 5.41) is 9.20. The zero-order chi connectivity index (χ0) is 9.56. The number of rotatable bonds is 6. The Morgan fingerprint density at radius 3 is 2.08 bits per heavy atom. The van der Waals surface area contributed by atoms with Crippen LogP contribution >= 0.6 is 0 Å². The third-order valence-electron chi connectivity index (χ3n) is 2.70. The first-order valence-electron chi connectivity index (χ1n) is 5.26. The third kappa shape index (κ3) is 5.59. The third-order valence-corrected chi connectivity index (χ3v) is 2.70. The summed E-state index contributed by atoms with van der Waals surface area (Å²) in [6.45, 7) is 8.64. The topological polar surface area (TPSA) is 20.2 Å². The Bertz CT molecular complexity index is 99.2. The molecule has 0 heterocycles. The van der Waals surface area contributed by atoms with Crippen molar-refractivity contribution in [2.75, 3.05) is 0 Å². The van der Waals surface area contributed by atoms with E-state index >= 15 is 0 Å². The largest absolute Gasteiger partial charge is 0.393 e. The number of aliphatic hydroxyl groups is 1. The quantitative estimate of drug-likeness (QED) is 0.652. The van der Waals surface area contributed by atoms with Crippen molar-refractivity contribution in [1.82, 2.24) is 0 Å². The van der Waals surface area contributed by atoms with Crippen LogP contribution in [0.2, 0.25) is 0 Å². The SMILES string of the molecule is CCCCC(C)C(C)CC(C)O. The molecular weight excluding hydrogens is 148 g/mol. The van der Waals surface area contributed by atoms with Crippen LogP contribution in [0.5, 0.6) is 0 Å². The number of unbranched alkanes of at least 4 members (excludes halogenated alkanes) is 1. The highest BCUT2D eigenvalue weighted by Gasteiger charge is 2.13. The van der Waals surface area contributed by atoms with Gasteiger partial charge in [-0.25, -0.2) is 0 Å². The highest BCUT2D eigenvalue weighted by atomic mass is 16.3. The van der Waals surface area contributed by atoms with E-state index in [0.717, 1.165) is 12.3 Å². The normalized spacial score (nSPS) is 18.8. The maximum Gasteiger partial charge on any atom is 0.0514 e. The van der Waals surface area contributed by atoms with Crippen molar-refractivity contribution in [2.45, 2.75) is 59.5 Å². The molecule has 0 amide bonds. The van der Waals surface area contributed by atoms with Crippen LogP contribution in [0.4, 0.5) is 0 Å². The minimum atomic E-state index is -0.135. The van der Waals surface area contributed by atoms with Gasteiger partial charge in [-0.05, 0) is 25.2 Å². The van der Waals surface area contributed by atoms with E-state index in [-0.39, 0.29) is 6.10 Å². The molecule has 0 bridgehead atoms. The van der Waals surface area contributed by atoms with Crippen molar-refractivity contribution < 1.29 is 5.11 Å². The van der Waals surface area contributed by atoms with Crippen LogP contribution in [-0.4, -0.2) is 11.2 Å². The van der Waals surface area contributed by atoms with Gasteiger partial charge in [-0.2, -0.15) is 0 Å². The molecule has 0 saturated carbocycles. The molecule has 3 unspecified atom stereocenters. The first-order valence-corrected chi connectivity index (χ1v) is 5.26. The van der Waals surface area contributed by atoms with Gasteiger partial charge >= 0.3 is 0 Å². The lowest BCUT2D eigenvalue weighted by atomic mass is 9.87. The molecule has 0 aromatic rings. The lowest BCUT2D eigenvalue weighted by Gasteiger charge is -2.20. The van der Waals surface area contributed by atoms with Crippen LogP contribution in [0, 0.1) is 11.8 Å². The van der Waals surface area contributed by atoms with Gasteiger partial charge in [0.05, 0.1) is 6.10 Å². The molecule has 0 saturated heterocycles. The Kier molecular flexibility index (Phi) is 6.45. The second-order valence-electron chi connectivity index (χ2n) is 4.18.